The molecule has 0 atom stereocenters. The first-order valence-corrected chi connectivity index (χ1v) is 11.4. The number of benzene rings is 2. The lowest BCUT2D eigenvalue weighted by Crippen LogP contribution is -2.35. The largest absolute Gasteiger partial charge is 0.355 e. The first-order valence-electron chi connectivity index (χ1n) is 9.92. The zero-order valence-corrected chi connectivity index (χ0v) is 17.3. The molecule has 28 heavy (non-hydrogen) atoms. The maximum atomic E-state index is 12.6. The van der Waals surface area contributed by atoms with Crippen LogP contribution < -0.4 is 10.0 Å². The number of aryl methyl sites for hydroxylation is 1. The highest BCUT2D eigenvalue weighted by atomic mass is 32.2. The quantitative estimate of drug-likeness (QED) is 0.668. The Morgan fingerprint density at radius 1 is 0.964 bits per heavy atom. The summed E-state index contributed by atoms with van der Waals surface area (Å²) in [6.07, 6.45) is 4.52. The van der Waals surface area contributed by atoms with Crippen LogP contribution in [0.1, 0.15) is 50.7 Å². The molecule has 0 aliphatic heterocycles. The van der Waals surface area contributed by atoms with Gasteiger partial charge in [0.25, 0.3) is 10.0 Å². The summed E-state index contributed by atoms with van der Waals surface area (Å²) in [5.74, 6) is 0.0647. The third-order valence-electron chi connectivity index (χ3n) is 5.18. The number of hydrogen-bond acceptors (Lipinski definition) is 3. The molecule has 5 nitrogen and oxygen atoms in total. The SMILES string of the molecule is CCCNC(=O)C1(c2ccc(NS(=O)(=O)c3ccc(CCC)cc3)cc2)CC1. The van der Waals surface area contributed by atoms with Gasteiger partial charge in [-0.15, -0.1) is 0 Å². The van der Waals surface area contributed by atoms with E-state index in [-0.39, 0.29) is 10.8 Å². The Bertz CT molecular complexity index is 915. The van der Waals surface area contributed by atoms with E-state index >= 15 is 0 Å². The van der Waals surface area contributed by atoms with Gasteiger partial charge in [-0.05, 0) is 61.1 Å². The number of nitrogens with one attached hydrogen (secondary N) is 2. The molecule has 2 aromatic rings. The van der Waals surface area contributed by atoms with E-state index in [4.69, 9.17) is 0 Å². The Morgan fingerprint density at radius 3 is 2.14 bits per heavy atom. The summed E-state index contributed by atoms with van der Waals surface area (Å²) in [6, 6.07) is 14.1. The molecule has 0 saturated heterocycles. The van der Waals surface area contributed by atoms with Gasteiger partial charge in [0, 0.05) is 12.2 Å². The van der Waals surface area contributed by atoms with Crippen LogP contribution in [0.3, 0.4) is 0 Å². The predicted octanol–water partition coefficient (Wildman–Crippen LogP) is 4.00. The van der Waals surface area contributed by atoms with E-state index in [0.717, 1.165) is 43.2 Å². The Morgan fingerprint density at radius 2 is 1.61 bits per heavy atom. The van der Waals surface area contributed by atoms with Gasteiger partial charge in [0.05, 0.1) is 10.3 Å². The van der Waals surface area contributed by atoms with Gasteiger partial charge in [0.15, 0.2) is 0 Å². The summed E-state index contributed by atoms with van der Waals surface area (Å²) in [6.45, 7) is 4.79. The van der Waals surface area contributed by atoms with Crippen LogP contribution in [0.15, 0.2) is 53.4 Å². The van der Waals surface area contributed by atoms with E-state index < -0.39 is 15.4 Å². The molecule has 0 unspecified atom stereocenters. The van der Waals surface area contributed by atoms with Crippen molar-refractivity contribution >= 4 is 21.6 Å². The zero-order chi connectivity index (χ0) is 20.2. The fourth-order valence-corrected chi connectivity index (χ4v) is 4.43. The molecule has 1 saturated carbocycles. The molecular formula is C22H28N2O3S. The van der Waals surface area contributed by atoms with Crippen LogP contribution in [0.25, 0.3) is 0 Å². The van der Waals surface area contributed by atoms with Crippen LogP contribution >= 0.6 is 0 Å². The maximum Gasteiger partial charge on any atom is 0.261 e. The van der Waals surface area contributed by atoms with Gasteiger partial charge >= 0.3 is 0 Å². The molecule has 1 aliphatic carbocycles. The summed E-state index contributed by atoms with van der Waals surface area (Å²) in [4.78, 5) is 12.7. The molecule has 150 valence electrons. The van der Waals surface area contributed by atoms with Gasteiger partial charge in [-0.3, -0.25) is 9.52 Å². The van der Waals surface area contributed by atoms with Crippen LogP contribution in [0.4, 0.5) is 5.69 Å². The fourth-order valence-electron chi connectivity index (χ4n) is 3.37. The molecule has 0 aromatic heterocycles. The number of hydrogen-bond donors (Lipinski definition) is 2. The molecule has 1 aliphatic rings. The second-order valence-corrected chi connectivity index (χ2v) is 9.10. The summed E-state index contributed by atoms with van der Waals surface area (Å²) in [5, 5.41) is 2.97. The van der Waals surface area contributed by atoms with Gasteiger partial charge < -0.3 is 5.32 Å². The molecular weight excluding hydrogens is 372 g/mol. The minimum absolute atomic E-state index is 0.0647. The van der Waals surface area contributed by atoms with E-state index in [0.29, 0.717) is 12.2 Å². The molecule has 2 aromatic carbocycles. The summed E-state index contributed by atoms with van der Waals surface area (Å²) >= 11 is 0. The Hall–Kier alpha value is -2.34. The second kappa shape index (κ2) is 8.35. The van der Waals surface area contributed by atoms with Crippen molar-refractivity contribution in [3.63, 3.8) is 0 Å². The summed E-state index contributed by atoms with van der Waals surface area (Å²) in [7, 11) is -3.64. The van der Waals surface area contributed by atoms with Crippen molar-refractivity contribution in [3.05, 3.63) is 59.7 Å². The number of sulfonamides is 1. The lowest BCUT2D eigenvalue weighted by Gasteiger charge is -2.16. The summed E-state index contributed by atoms with van der Waals surface area (Å²) < 4.78 is 27.9. The molecule has 2 N–H and O–H groups in total. The van der Waals surface area contributed by atoms with Crippen molar-refractivity contribution in [1.82, 2.24) is 5.32 Å². The molecule has 6 heteroatoms. The minimum Gasteiger partial charge on any atom is -0.355 e. The van der Waals surface area contributed by atoms with Crippen molar-refractivity contribution in [2.45, 2.75) is 56.3 Å². The van der Waals surface area contributed by atoms with Crippen LogP contribution in [0.5, 0.6) is 0 Å². The van der Waals surface area contributed by atoms with Crippen molar-refractivity contribution in [2.75, 3.05) is 11.3 Å². The van der Waals surface area contributed by atoms with Crippen LogP contribution in [-0.2, 0) is 26.7 Å². The Kier molecular flexibility index (Phi) is 6.08. The first kappa shape index (κ1) is 20.4. The lowest BCUT2D eigenvalue weighted by molar-refractivity contribution is -0.123. The van der Waals surface area contributed by atoms with Gasteiger partial charge in [0.1, 0.15) is 0 Å². The average Bonchev–Trinajstić information content (AvgIpc) is 3.49. The standard InChI is InChI=1S/C22H28N2O3S/c1-3-5-17-6-12-20(13-7-17)28(26,27)24-19-10-8-18(9-11-19)22(14-15-22)21(25)23-16-4-2/h6-13,24H,3-5,14-16H2,1-2H3,(H,23,25). The molecule has 1 fully saturated rings. The van der Waals surface area contributed by atoms with Crippen LogP contribution in [0.2, 0.25) is 0 Å². The smallest absolute Gasteiger partial charge is 0.261 e. The van der Waals surface area contributed by atoms with Crippen molar-refractivity contribution in [1.29, 1.82) is 0 Å². The normalized spacial score (nSPS) is 15.1. The summed E-state index contributed by atoms with van der Waals surface area (Å²) in [5.41, 5.74) is 2.11. The third kappa shape index (κ3) is 4.38. The minimum atomic E-state index is -3.64. The zero-order valence-electron chi connectivity index (χ0n) is 16.5. The Balaban J connectivity index is 1.71. The monoisotopic (exact) mass is 400 g/mol. The van der Waals surface area contributed by atoms with E-state index in [1.54, 1.807) is 24.3 Å². The number of carbonyl (C=O) groups is 1. The number of amides is 1. The van der Waals surface area contributed by atoms with Crippen LogP contribution in [-0.4, -0.2) is 20.9 Å². The fraction of sp³-hybridized carbons (Fsp3) is 0.409. The third-order valence-corrected chi connectivity index (χ3v) is 6.58. The molecule has 3 rings (SSSR count). The second-order valence-electron chi connectivity index (χ2n) is 7.41. The van der Waals surface area contributed by atoms with E-state index in [1.807, 2.05) is 31.2 Å². The van der Waals surface area contributed by atoms with Gasteiger partial charge in [-0.25, -0.2) is 8.42 Å². The first-order chi connectivity index (χ1) is 13.4. The highest BCUT2D eigenvalue weighted by molar-refractivity contribution is 7.92. The average molecular weight is 401 g/mol. The topological polar surface area (TPSA) is 75.3 Å². The van der Waals surface area contributed by atoms with Gasteiger partial charge in [0.2, 0.25) is 5.91 Å². The van der Waals surface area contributed by atoms with E-state index in [2.05, 4.69) is 17.0 Å². The molecule has 0 bridgehead atoms. The predicted molar refractivity (Wildman–Crippen MR) is 112 cm³/mol. The number of carbonyl (C=O) groups excluding carboxylic acids is 1. The Labute approximate surface area is 167 Å². The molecule has 0 spiro atoms. The van der Waals surface area contributed by atoms with Crippen molar-refractivity contribution in [2.24, 2.45) is 0 Å². The van der Waals surface area contributed by atoms with Gasteiger partial charge in [-0.1, -0.05) is 44.5 Å². The molecule has 0 heterocycles. The van der Waals surface area contributed by atoms with E-state index in [1.165, 1.54) is 0 Å². The molecule has 1 amide bonds. The highest BCUT2D eigenvalue weighted by Crippen LogP contribution is 2.48. The van der Waals surface area contributed by atoms with Crippen molar-refractivity contribution in [3.8, 4) is 0 Å². The lowest BCUT2D eigenvalue weighted by atomic mass is 9.95. The molecule has 0 radical (unpaired) electrons. The number of anilines is 1. The van der Waals surface area contributed by atoms with E-state index in [9.17, 15) is 13.2 Å². The van der Waals surface area contributed by atoms with Crippen LogP contribution in [0, 0.1) is 0 Å². The number of rotatable bonds is 9. The highest BCUT2D eigenvalue weighted by Gasteiger charge is 2.50. The van der Waals surface area contributed by atoms with Gasteiger partial charge in [-0.2, -0.15) is 0 Å². The van der Waals surface area contributed by atoms with Crippen molar-refractivity contribution < 1.29 is 13.2 Å². The maximum absolute atomic E-state index is 12.6.